The topological polar surface area (TPSA) is 96.7 Å². The number of aromatic carboxylic acids is 2. The first-order valence-electron chi connectivity index (χ1n) is 4.59. The first-order valence-corrected chi connectivity index (χ1v) is 4.59. The van der Waals surface area contributed by atoms with E-state index in [-0.39, 0.29) is 12.2 Å². The summed E-state index contributed by atoms with van der Waals surface area (Å²) in [6, 6.07) is 1.26. The fourth-order valence-corrected chi connectivity index (χ4v) is 1.14. The molecule has 86 valence electrons. The highest BCUT2D eigenvalue weighted by molar-refractivity contribution is 6.00. The number of hydrogen-bond acceptors (Lipinski definition) is 4. The SMILES string of the molecule is CCOCc1cnc(C(=O)O)c(C(=O)O)c1. The Hall–Kier alpha value is -1.95. The summed E-state index contributed by atoms with van der Waals surface area (Å²) in [5, 5.41) is 17.5. The van der Waals surface area contributed by atoms with Gasteiger partial charge in [-0.1, -0.05) is 0 Å². The van der Waals surface area contributed by atoms with Gasteiger partial charge >= 0.3 is 11.9 Å². The average Bonchev–Trinajstić information content (AvgIpc) is 2.25. The summed E-state index contributed by atoms with van der Waals surface area (Å²) in [6.45, 7) is 2.50. The van der Waals surface area contributed by atoms with Crippen molar-refractivity contribution in [3.8, 4) is 0 Å². The van der Waals surface area contributed by atoms with E-state index < -0.39 is 17.6 Å². The van der Waals surface area contributed by atoms with E-state index in [1.54, 1.807) is 6.92 Å². The summed E-state index contributed by atoms with van der Waals surface area (Å²) in [5.41, 5.74) is -0.262. The molecule has 6 nitrogen and oxygen atoms in total. The van der Waals surface area contributed by atoms with Gasteiger partial charge in [0.05, 0.1) is 12.2 Å². The maximum absolute atomic E-state index is 10.8. The summed E-state index contributed by atoms with van der Waals surface area (Å²) in [7, 11) is 0. The van der Waals surface area contributed by atoms with Gasteiger partial charge in [0, 0.05) is 12.8 Å². The molecule has 0 amide bonds. The van der Waals surface area contributed by atoms with Crippen LogP contribution in [0.25, 0.3) is 0 Å². The maximum atomic E-state index is 10.8. The van der Waals surface area contributed by atoms with Crippen LogP contribution >= 0.6 is 0 Å². The van der Waals surface area contributed by atoms with Gasteiger partial charge in [-0.15, -0.1) is 0 Å². The molecule has 6 heteroatoms. The molecule has 16 heavy (non-hydrogen) atoms. The fourth-order valence-electron chi connectivity index (χ4n) is 1.14. The molecule has 0 unspecified atom stereocenters. The lowest BCUT2D eigenvalue weighted by Gasteiger charge is -2.04. The van der Waals surface area contributed by atoms with Gasteiger partial charge in [0.25, 0.3) is 0 Å². The van der Waals surface area contributed by atoms with Crippen molar-refractivity contribution >= 4 is 11.9 Å². The molecule has 0 radical (unpaired) electrons. The average molecular weight is 225 g/mol. The van der Waals surface area contributed by atoms with E-state index in [4.69, 9.17) is 14.9 Å². The van der Waals surface area contributed by atoms with Crippen LogP contribution in [-0.2, 0) is 11.3 Å². The smallest absolute Gasteiger partial charge is 0.355 e. The van der Waals surface area contributed by atoms with E-state index in [1.807, 2.05) is 0 Å². The van der Waals surface area contributed by atoms with Crippen LogP contribution in [-0.4, -0.2) is 33.7 Å². The van der Waals surface area contributed by atoms with Gasteiger partial charge in [-0.05, 0) is 18.6 Å². The Labute approximate surface area is 91.5 Å². The molecule has 0 fully saturated rings. The Kier molecular flexibility index (Phi) is 3.96. The monoisotopic (exact) mass is 225 g/mol. The number of carboxylic acids is 2. The molecule has 1 aromatic rings. The highest BCUT2D eigenvalue weighted by atomic mass is 16.5. The molecular weight excluding hydrogens is 214 g/mol. The summed E-state index contributed by atoms with van der Waals surface area (Å²) in [4.78, 5) is 25.1. The van der Waals surface area contributed by atoms with Crippen LogP contribution in [0.2, 0.25) is 0 Å². The first-order chi connectivity index (χ1) is 7.56. The molecule has 2 N–H and O–H groups in total. The van der Waals surface area contributed by atoms with Crippen molar-refractivity contribution in [2.45, 2.75) is 13.5 Å². The summed E-state index contributed by atoms with van der Waals surface area (Å²) in [5.74, 6) is -2.68. The number of carbonyl (C=O) groups is 2. The molecule has 0 saturated heterocycles. The van der Waals surface area contributed by atoms with Crippen molar-refractivity contribution < 1.29 is 24.5 Å². The quantitative estimate of drug-likeness (QED) is 0.776. The van der Waals surface area contributed by atoms with Crippen LogP contribution < -0.4 is 0 Å². The second-order valence-corrected chi connectivity index (χ2v) is 2.99. The highest BCUT2D eigenvalue weighted by Gasteiger charge is 2.17. The Morgan fingerprint density at radius 1 is 1.38 bits per heavy atom. The van der Waals surface area contributed by atoms with Gasteiger partial charge in [-0.25, -0.2) is 14.6 Å². The largest absolute Gasteiger partial charge is 0.478 e. The lowest BCUT2D eigenvalue weighted by Crippen LogP contribution is -2.11. The van der Waals surface area contributed by atoms with Crippen molar-refractivity contribution in [3.05, 3.63) is 29.1 Å². The van der Waals surface area contributed by atoms with Gasteiger partial charge < -0.3 is 14.9 Å². The van der Waals surface area contributed by atoms with E-state index in [0.29, 0.717) is 12.2 Å². The number of rotatable bonds is 5. The fraction of sp³-hybridized carbons (Fsp3) is 0.300. The summed E-state index contributed by atoms with van der Waals surface area (Å²) < 4.78 is 5.07. The van der Waals surface area contributed by atoms with Gasteiger partial charge in [0.2, 0.25) is 0 Å². The normalized spacial score (nSPS) is 10.1. The molecule has 0 saturated carbocycles. The van der Waals surface area contributed by atoms with E-state index in [9.17, 15) is 9.59 Å². The number of hydrogen-bond donors (Lipinski definition) is 2. The highest BCUT2D eigenvalue weighted by Crippen LogP contribution is 2.10. The van der Waals surface area contributed by atoms with Gasteiger partial charge in [0.15, 0.2) is 5.69 Å². The van der Waals surface area contributed by atoms with Gasteiger partial charge in [-0.2, -0.15) is 0 Å². The van der Waals surface area contributed by atoms with Crippen LogP contribution in [0.4, 0.5) is 0 Å². The molecule has 0 spiro atoms. The molecule has 1 rings (SSSR count). The predicted molar refractivity (Wildman–Crippen MR) is 53.5 cm³/mol. The van der Waals surface area contributed by atoms with Gasteiger partial charge in [-0.3, -0.25) is 0 Å². The number of aromatic nitrogens is 1. The molecule has 0 aromatic carbocycles. The first kappa shape index (κ1) is 12.1. The minimum absolute atomic E-state index is 0.212. The molecule has 1 aromatic heterocycles. The zero-order valence-corrected chi connectivity index (χ0v) is 8.64. The molecule has 1 heterocycles. The zero-order chi connectivity index (χ0) is 12.1. The number of nitrogens with zero attached hydrogens (tertiary/aromatic N) is 1. The molecule has 0 bridgehead atoms. The number of pyridine rings is 1. The van der Waals surface area contributed by atoms with Crippen LogP contribution in [0, 0.1) is 0 Å². The maximum Gasteiger partial charge on any atom is 0.355 e. The number of ether oxygens (including phenoxy) is 1. The lowest BCUT2D eigenvalue weighted by molar-refractivity contribution is 0.0645. The second kappa shape index (κ2) is 5.22. The van der Waals surface area contributed by atoms with Crippen molar-refractivity contribution in [2.75, 3.05) is 6.61 Å². The predicted octanol–water partition coefficient (Wildman–Crippen LogP) is 1.01. The standard InChI is InChI=1S/C10H11NO5/c1-2-16-5-6-3-7(9(12)13)8(10(14)15)11-4-6/h3-4H,2,5H2,1H3,(H,12,13)(H,14,15). The van der Waals surface area contributed by atoms with Crippen molar-refractivity contribution in [1.82, 2.24) is 4.98 Å². The zero-order valence-electron chi connectivity index (χ0n) is 8.64. The van der Waals surface area contributed by atoms with E-state index in [0.717, 1.165) is 0 Å². The van der Waals surface area contributed by atoms with E-state index >= 15 is 0 Å². The Morgan fingerprint density at radius 2 is 2.06 bits per heavy atom. The molecular formula is C10H11NO5. The van der Waals surface area contributed by atoms with E-state index in [2.05, 4.69) is 4.98 Å². The lowest BCUT2D eigenvalue weighted by atomic mass is 10.1. The van der Waals surface area contributed by atoms with Crippen LogP contribution in [0.5, 0.6) is 0 Å². The van der Waals surface area contributed by atoms with E-state index in [1.165, 1.54) is 12.3 Å². The molecule has 0 aliphatic rings. The Balaban J connectivity index is 3.07. The minimum atomic E-state index is -1.36. The molecule has 0 aliphatic heterocycles. The van der Waals surface area contributed by atoms with Crippen LogP contribution in [0.1, 0.15) is 33.3 Å². The Bertz CT molecular complexity index is 416. The summed E-state index contributed by atoms with van der Waals surface area (Å²) in [6.07, 6.45) is 1.30. The third kappa shape index (κ3) is 2.77. The van der Waals surface area contributed by atoms with Crippen molar-refractivity contribution in [3.63, 3.8) is 0 Å². The number of carboxylic acid groups (broad SMARTS) is 2. The minimum Gasteiger partial charge on any atom is -0.478 e. The third-order valence-electron chi connectivity index (χ3n) is 1.85. The molecule has 0 atom stereocenters. The second-order valence-electron chi connectivity index (χ2n) is 2.99. The molecule has 0 aliphatic carbocycles. The van der Waals surface area contributed by atoms with Crippen LogP contribution in [0.3, 0.4) is 0 Å². The van der Waals surface area contributed by atoms with Crippen molar-refractivity contribution in [2.24, 2.45) is 0 Å². The Morgan fingerprint density at radius 3 is 2.56 bits per heavy atom. The van der Waals surface area contributed by atoms with Crippen molar-refractivity contribution in [1.29, 1.82) is 0 Å². The van der Waals surface area contributed by atoms with Crippen LogP contribution in [0.15, 0.2) is 12.3 Å². The third-order valence-corrected chi connectivity index (χ3v) is 1.85. The van der Waals surface area contributed by atoms with Gasteiger partial charge in [0.1, 0.15) is 0 Å². The summed E-state index contributed by atoms with van der Waals surface area (Å²) >= 11 is 0.